The van der Waals surface area contributed by atoms with Crippen molar-refractivity contribution in [2.75, 3.05) is 0 Å². The van der Waals surface area contributed by atoms with Crippen molar-refractivity contribution in [2.24, 2.45) is 28.6 Å². The van der Waals surface area contributed by atoms with Gasteiger partial charge in [-0.05, 0) is 79.6 Å². The molecule has 1 unspecified atom stereocenters. The van der Waals surface area contributed by atoms with Gasteiger partial charge in [-0.3, -0.25) is 4.79 Å². The predicted octanol–water partition coefficient (Wildman–Crippen LogP) is 4.32. The molecule has 5 rings (SSSR count). The third kappa shape index (κ3) is 2.13. The first kappa shape index (κ1) is 16.6. The molecule has 2 N–H and O–H groups in total. The molecular weight excluding hydrogens is 324 g/mol. The highest BCUT2D eigenvalue weighted by Crippen LogP contribution is 2.68. The number of imidazole rings is 1. The van der Waals surface area contributed by atoms with E-state index < -0.39 is 0 Å². The second-order valence-electron chi connectivity index (χ2n) is 9.84. The van der Waals surface area contributed by atoms with Gasteiger partial charge in [0.05, 0.1) is 0 Å². The molecule has 3 fully saturated rings. The van der Waals surface area contributed by atoms with Gasteiger partial charge < -0.3 is 9.97 Å². The summed E-state index contributed by atoms with van der Waals surface area (Å²) in [6, 6.07) is 0. The van der Waals surface area contributed by atoms with E-state index in [2.05, 4.69) is 23.8 Å². The Hall–Kier alpha value is -1.58. The van der Waals surface area contributed by atoms with E-state index in [4.69, 9.17) is 0 Å². The summed E-state index contributed by atoms with van der Waals surface area (Å²) in [5.41, 5.74) is 3.03. The summed E-state index contributed by atoms with van der Waals surface area (Å²) in [6.45, 7) is 4.93. The molecule has 1 heterocycles. The molecule has 0 spiro atoms. The molecule has 3 saturated carbocycles. The Balaban J connectivity index is 1.48. The standard InChI is InChI=1S/C22H30N2O2/c1-21-9-7-14(25)11-13(21)3-4-15-16-5-6-18(19-12-23-20(26)24-19)22(16,2)10-8-17(15)21/h11-12,15-18H,3-10H2,1-2H3,(H2,23,24,26)/t15-,16-,17-,18?,21-,22-/m0/s1. The van der Waals surface area contributed by atoms with Gasteiger partial charge in [0, 0.05) is 24.2 Å². The zero-order valence-corrected chi connectivity index (χ0v) is 15.9. The number of carbonyl (C=O) groups excluding carboxylic acids is 1. The molecule has 6 atom stereocenters. The summed E-state index contributed by atoms with van der Waals surface area (Å²) in [4.78, 5) is 29.4. The summed E-state index contributed by atoms with van der Waals surface area (Å²) in [7, 11) is 0. The van der Waals surface area contributed by atoms with Gasteiger partial charge >= 0.3 is 5.69 Å². The van der Waals surface area contributed by atoms with Crippen LogP contribution in [0.25, 0.3) is 0 Å². The smallest absolute Gasteiger partial charge is 0.313 e. The zero-order valence-electron chi connectivity index (χ0n) is 15.9. The topological polar surface area (TPSA) is 65.7 Å². The number of aromatic amines is 2. The molecule has 4 nitrogen and oxygen atoms in total. The van der Waals surface area contributed by atoms with Gasteiger partial charge in [0.25, 0.3) is 0 Å². The van der Waals surface area contributed by atoms with Crippen molar-refractivity contribution in [3.05, 3.63) is 34.0 Å². The van der Waals surface area contributed by atoms with Crippen LogP contribution in [0, 0.1) is 28.6 Å². The van der Waals surface area contributed by atoms with Crippen LogP contribution >= 0.6 is 0 Å². The Morgan fingerprint density at radius 1 is 1.00 bits per heavy atom. The minimum absolute atomic E-state index is 0.0763. The molecule has 4 aliphatic rings. The fraction of sp³-hybridized carbons (Fsp3) is 0.727. The van der Waals surface area contributed by atoms with Gasteiger partial charge in [-0.2, -0.15) is 0 Å². The molecule has 26 heavy (non-hydrogen) atoms. The van der Waals surface area contributed by atoms with Crippen LogP contribution < -0.4 is 5.69 Å². The van der Waals surface area contributed by atoms with Gasteiger partial charge in [0.2, 0.25) is 0 Å². The number of aromatic nitrogens is 2. The Morgan fingerprint density at radius 3 is 2.62 bits per heavy atom. The number of H-pyrrole nitrogens is 2. The lowest BCUT2D eigenvalue weighted by atomic mass is 9.47. The van der Waals surface area contributed by atoms with Gasteiger partial charge in [-0.1, -0.05) is 19.4 Å². The second-order valence-corrected chi connectivity index (χ2v) is 9.84. The number of fused-ring (bicyclic) bond motifs is 5. The summed E-state index contributed by atoms with van der Waals surface area (Å²) in [5, 5.41) is 0. The number of nitrogens with one attached hydrogen (secondary N) is 2. The molecule has 4 aliphatic carbocycles. The van der Waals surface area contributed by atoms with Gasteiger partial charge in [-0.15, -0.1) is 0 Å². The maximum Gasteiger partial charge on any atom is 0.323 e. The van der Waals surface area contributed by atoms with Crippen LogP contribution in [-0.4, -0.2) is 15.8 Å². The van der Waals surface area contributed by atoms with Crippen LogP contribution in [0.2, 0.25) is 0 Å². The molecule has 0 saturated heterocycles. The van der Waals surface area contributed by atoms with Crippen molar-refractivity contribution < 1.29 is 4.79 Å². The first-order chi connectivity index (χ1) is 12.4. The summed E-state index contributed by atoms with van der Waals surface area (Å²) in [6.07, 6.45) is 13.0. The predicted molar refractivity (Wildman–Crippen MR) is 101 cm³/mol. The number of rotatable bonds is 1. The molecule has 0 amide bonds. The quantitative estimate of drug-likeness (QED) is 0.789. The Bertz CT molecular complexity index is 833. The SMILES string of the molecule is C[C@]12CCC(=O)C=C1CC[C@@H]1[C@@H]2CC[C@]2(C)C(c3c[nH]c(=O)[nH]3)CC[C@@H]12. The lowest BCUT2D eigenvalue weighted by molar-refractivity contribution is -0.117. The average Bonchev–Trinajstić information content (AvgIpc) is 3.18. The molecule has 1 aromatic heterocycles. The molecule has 1 aromatic rings. The number of carbonyl (C=O) groups is 1. The average molecular weight is 354 g/mol. The maximum atomic E-state index is 11.9. The lowest BCUT2D eigenvalue weighted by Crippen LogP contribution is -2.50. The molecule has 0 bridgehead atoms. The minimum atomic E-state index is -0.0763. The van der Waals surface area contributed by atoms with Crippen LogP contribution in [0.1, 0.15) is 76.8 Å². The minimum Gasteiger partial charge on any atom is -0.313 e. The molecule has 4 heteroatoms. The third-order valence-electron chi connectivity index (χ3n) is 8.95. The highest BCUT2D eigenvalue weighted by molar-refractivity contribution is 5.91. The van der Waals surface area contributed by atoms with Gasteiger partial charge in [0.15, 0.2) is 5.78 Å². The highest BCUT2D eigenvalue weighted by atomic mass is 16.1. The van der Waals surface area contributed by atoms with E-state index in [1.165, 1.54) is 37.7 Å². The summed E-state index contributed by atoms with van der Waals surface area (Å²) < 4.78 is 0. The Kier molecular flexibility index (Phi) is 3.48. The van der Waals surface area contributed by atoms with Crippen molar-refractivity contribution >= 4 is 5.78 Å². The zero-order chi connectivity index (χ0) is 18.1. The first-order valence-corrected chi connectivity index (χ1v) is 10.4. The molecule has 0 aliphatic heterocycles. The van der Waals surface area contributed by atoms with Gasteiger partial charge in [0.1, 0.15) is 0 Å². The summed E-state index contributed by atoms with van der Waals surface area (Å²) in [5.74, 6) is 3.08. The summed E-state index contributed by atoms with van der Waals surface area (Å²) >= 11 is 0. The van der Waals surface area contributed by atoms with Crippen LogP contribution in [0.3, 0.4) is 0 Å². The lowest BCUT2D eigenvalue weighted by Gasteiger charge is -2.58. The van der Waals surface area contributed by atoms with E-state index >= 15 is 0 Å². The number of hydrogen-bond acceptors (Lipinski definition) is 2. The Morgan fingerprint density at radius 2 is 1.85 bits per heavy atom. The number of allylic oxidation sites excluding steroid dienone is 1. The third-order valence-corrected chi connectivity index (χ3v) is 8.95. The van der Waals surface area contributed by atoms with E-state index in [0.29, 0.717) is 17.1 Å². The first-order valence-electron chi connectivity index (χ1n) is 10.4. The fourth-order valence-corrected chi connectivity index (χ4v) is 7.60. The van der Waals surface area contributed by atoms with Gasteiger partial charge in [-0.25, -0.2) is 4.79 Å². The van der Waals surface area contributed by atoms with Crippen molar-refractivity contribution in [1.82, 2.24) is 9.97 Å². The van der Waals surface area contributed by atoms with E-state index in [1.54, 1.807) is 0 Å². The molecule has 0 aromatic carbocycles. The molecule has 0 radical (unpaired) electrons. The van der Waals surface area contributed by atoms with Crippen molar-refractivity contribution in [3.63, 3.8) is 0 Å². The van der Waals surface area contributed by atoms with E-state index in [1.807, 2.05) is 12.3 Å². The van der Waals surface area contributed by atoms with Crippen LogP contribution in [0.5, 0.6) is 0 Å². The highest BCUT2D eigenvalue weighted by Gasteiger charge is 2.59. The molecule has 140 valence electrons. The van der Waals surface area contributed by atoms with E-state index in [0.717, 1.165) is 42.7 Å². The van der Waals surface area contributed by atoms with Crippen molar-refractivity contribution in [1.29, 1.82) is 0 Å². The van der Waals surface area contributed by atoms with Crippen molar-refractivity contribution in [2.45, 2.75) is 71.1 Å². The van der Waals surface area contributed by atoms with Crippen molar-refractivity contribution in [3.8, 4) is 0 Å². The fourth-order valence-electron chi connectivity index (χ4n) is 7.60. The second kappa shape index (κ2) is 5.46. The van der Waals surface area contributed by atoms with Crippen LogP contribution in [-0.2, 0) is 4.79 Å². The number of hydrogen-bond donors (Lipinski definition) is 2. The maximum absolute atomic E-state index is 11.9. The Labute approximate surface area is 154 Å². The monoisotopic (exact) mass is 354 g/mol. The number of ketones is 1. The largest absolute Gasteiger partial charge is 0.323 e. The van der Waals surface area contributed by atoms with Crippen LogP contribution in [0.15, 0.2) is 22.6 Å². The van der Waals surface area contributed by atoms with Crippen LogP contribution in [0.4, 0.5) is 0 Å². The van der Waals surface area contributed by atoms with E-state index in [9.17, 15) is 9.59 Å². The van der Waals surface area contributed by atoms with E-state index in [-0.39, 0.29) is 11.1 Å². The molecular formula is C22H30N2O2. The normalized spacial score (nSPS) is 44.8.